The SMILES string of the molecule is Cc1ccc2c(c1)C(C)(C)c1cc(Br)ccc1-2. The Labute approximate surface area is 111 Å². The van der Waals surface area contributed by atoms with Gasteiger partial charge in [-0.25, -0.2) is 0 Å². The molecule has 86 valence electrons. The van der Waals surface area contributed by atoms with Crippen molar-refractivity contribution in [2.45, 2.75) is 26.2 Å². The molecule has 0 aliphatic heterocycles. The van der Waals surface area contributed by atoms with E-state index in [9.17, 15) is 0 Å². The molecular weight excluding hydrogens is 272 g/mol. The fourth-order valence-corrected chi connectivity index (χ4v) is 3.18. The predicted molar refractivity (Wildman–Crippen MR) is 76.4 cm³/mol. The Balaban J connectivity index is 2.37. The Kier molecular flexibility index (Phi) is 2.24. The minimum absolute atomic E-state index is 0.112. The van der Waals surface area contributed by atoms with Crippen molar-refractivity contribution in [2.24, 2.45) is 0 Å². The van der Waals surface area contributed by atoms with Gasteiger partial charge in [-0.05, 0) is 41.3 Å². The Morgan fingerprint density at radius 1 is 0.882 bits per heavy atom. The average Bonchev–Trinajstić information content (AvgIpc) is 2.49. The van der Waals surface area contributed by atoms with E-state index in [2.05, 4.69) is 73.1 Å². The maximum Gasteiger partial charge on any atom is 0.0178 e. The van der Waals surface area contributed by atoms with Crippen molar-refractivity contribution in [3.63, 3.8) is 0 Å². The van der Waals surface area contributed by atoms with Crippen LogP contribution in [0.2, 0.25) is 0 Å². The highest BCUT2D eigenvalue weighted by Gasteiger charge is 2.35. The van der Waals surface area contributed by atoms with Crippen molar-refractivity contribution in [1.29, 1.82) is 0 Å². The van der Waals surface area contributed by atoms with Crippen LogP contribution in [-0.4, -0.2) is 0 Å². The highest BCUT2D eigenvalue weighted by molar-refractivity contribution is 9.10. The molecule has 0 saturated heterocycles. The Hall–Kier alpha value is -1.08. The van der Waals surface area contributed by atoms with Crippen LogP contribution in [0.15, 0.2) is 40.9 Å². The first-order valence-corrected chi connectivity index (χ1v) is 6.71. The van der Waals surface area contributed by atoms with Gasteiger partial charge >= 0.3 is 0 Å². The molecule has 1 aliphatic rings. The van der Waals surface area contributed by atoms with Gasteiger partial charge in [0.05, 0.1) is 0 Å². The van der Waals surface area contributed by atoms with E-state index >= 15 is 0 Å². The molecule has 1 heteroatoms. The van der Waals surface area contributed by atoms with Gasteiger partial charge in [0.15, 0.2) is 0 Å². The highest BCUT2D eigenvalue weighted by atomic mass is 79.9. The lowest BCUT2D eigenvalue weighted by Crippen LogP contribution is -2.15. The summed E-state index contributed by atoms with van der Waals surface area (Å²) in [5, 5.41) is 0. The van der Waals surface area contributed by atoms with Crippen molar-refractivity contribution >= 4 is 15.9 Å². The van der Waals surface area contributed by atoms with Crippen LogP contribution in [0.25, 0.3) is 11.1 Å². The molecule has 0 bridgehead atoms. The summed E-state index contributed by atoms with van der Waals surface area (Å²) in [6.45, 7) is 6.78. The molecule has 0 saturated carbocycles. The van der Waals surface area contributed by atoms with E-state index in [1.165, 1.54) is 27.8 Å². The molecule has 0 unspecified atom stereocenters. The molecule has 0 heterocycles. The van der Waals surface area contributed by atoms with Gasteiger partial charge in [-0.1, -0.05) is 59.6 Å². The molecule has 0 aromatic heterocycles. The van der Waals surface area contributed by atoms with Gasteiger partial charge in [0.25, 0.3) is 0 Å². The normalized spacial score (nSPS) is 15.5. The third-order valence-corrected chi connectivity index (χ3v) is 4.29. The molecular formula is C16H15Br. The third-order valence-electron chi connectivity index (χ3n) is 3.79. The Morgan fingerprint density at radius 3 is 2.18 bits per heavy atom. The summed E-state index contributed by atoms with van der Waals surface area (Å²) < 4.78 is 1.16. The van der Waals surface area contributed by atoms with E-state index in [1.54, 1.807) is 0 Å². The van der Waals surface area contributed by atoms with Crippen LogP contribution in [0.5, 0.6) is 0 Å². The summed E-state index contributed by atoms with van der Waals surface area (Å²) >= 11 is 3.58. The zero-order valence-electron chi connectivity index (χ0n) is 10.3. The minimum atomic E-state index is 0.112. The van der Waals surface area contributed by atoms with E-state index < -0.39 is 0 Å². The van der Waals surface area contributed by atoms with Crippen LogP contribution in [0.4, 0.5) is 0 Å². The van der Waals surface area contributed by atoms with Crippen molar-refractivity contribution in [3.05, 3.63) is 57.6 Å². The first kappa shape index (κ1) is 11.0. The molecule has 3 rings (SSSR count). The topological polar surface area (TPSA) is 0 Å². The van der Waals surface area contributed by atoms with E-state index in [0.29, 0.717) is 0 Å². The summed E-state index contributed by atoms with van der Waals surface area (Å²) in [6.07, 6.45) is 0. The van der Waals surface area contributed by atoms with Crippen LogP contribution < -0.4 is 0 Å². The maximum absolute atomic E-state index is 3.58. The summed E-state index contributed by atoms with van der Waals surface area (Å²) in [5.74, 6) is 0. The fourth-order valence-electron chi connectivity index (χ4n) is 2.82. The summed E-state index contributed by atoms with van der Waals surface area (Å²) in [5.41, 5.74) is 7.10. The van der Waals surface area contributed by atoms with Gasteiger partial charge in [-0.15, -0.1) is 0 Å². The van der Waals surface area contributed by atoms with Gasteiger partial charge in [0.1, 0.15) is 0 Å². The third kappa shape index (κ3) is 1.49. The molecule has 2 aromatic carbocycles. The van der Waals surface area contributed by atoms with Gasteiger partial charge in [-0.3, -0.25) is 0 Å². The van der Waals surface area contributed by atoms with Crippen molar-refractivity contribution in [2.75, 3.05) is 0 Å². The van der Waals surface area contributed by atoms with Crippen LogP contribution in [0, 0.1) is 6.92 Å². The molecule has 0 spiro atoms. The fraction of sp³-hybridized carbons (Fsp3) is 0.250. The van der Waals surface area contributed by atoms with Gasteiger partial charge in [-0.2, -0.15) is 0 Å². The van der Waals surface area contributed by atoms with E-state index in [-0.39, 0.29) is 5.41 Å². The number of benzene rings is 2. The second kappa shape index (κ2) is 3.46. The van der Waals surface area contributed by atoms with Gasteiger partial charge < -0.3 is 0 Å². The summed E-state index contributed by atoms with van der Waals surface area (Å²) in [4.78, 5) is 0. The molecule has 17 heavy (non-hydrogen) atoms. The van der Waals surface area contributed by atoms with E-state index in [1.807, 2.05) is 0 Å². The second-order valence-corrected chi connectivity index (χ2v) is 6.28. The van der Waals surface area contributed by atoms with Gasteiger partial charge in [0.2, 0.25) is 0 Å². The molecule has 0 amide bonds. The second-order valence-electron chi connectivity index (χ2n) is 5.36. The minimum Gasteiger partial charge on any atom is -0.0587 e. The molecule has 2 aromatic rings. The number of rotatable bonds is 0. The van der Waals surface area contributed by atoms with Crippen LogP contribution in [-0.2, 0) is 5.41 Å². The van der Waals surface area contributed by atoms with Crippen LogP contribution >= 0.6 is 15.9 Å². The number of hydrogen-bond acceptors (Lipinski definition) is 0. The average molecular weight is 287 g/mol. The van der Waals surface area contributed by atoms with Crippen LogP contribution in [0.1, 0.15) is 30.5 Å². The zero-order valence-corrected chi connectivity index (χ0v) is 11.9. The Bertz CT molecular complexity index is 555. The lowest BCUT2D eigenvalue weighted by atomic mass is 9.82. The van der Waals surface area contributed by atoms with Crippen LogP contribution in [0.3, 0.4) is 0 Å². The highest BCUT2D eigenvalue weighted by Crippen LogP contribution is 2.49. The first-order chi connectivity index (χ1) is 8.00. The lowest BCUT2D eigenvalue weighted by Gasteiger charge is -2.21. The monoisotopic (exact) mass is 286 g/mol. The van der Waals surface area contributed by atoms with Crippen molar-refractivity contribution in [3.8, 4) is 11.1 Å². The number of fused-ring (bicyclic) bond motifs is 3. The maximum atomic E-state index is 3.58. The first-order valence-electron chi connectivity index (χ1n) is 5.92. The smallest absolute Gasteiger partial charge is 0.0178 e. The van der Waals surface area contributed by atoms with Crippen molar-refractivity contribution in [1.82, 2.24) is 0 Å². The standard InChI is InChI=1S/C16H15Br/c1-10-4-6-12-13-7-5-11(17)9-15(13)16(2,3)14(12)8-10/h4-9H,1-3H3. The number of hydrogen-bond donors (Lipinski definition) is 0. The zero-order chi connectivity index (χ0) is 12.2. The van der Waals surface area contributed by atoms with Gasteiger partial charge in [0, 0.05) is 9.89 Å². The number of aryl methyl sites for hydroxylation is 1. The summed E-state index contributed by atoms with van der Waals surface area (Å²) in [7, 11) is 0. The molecule has 0 nitrogen and oxygen atoms in total. The summed E-state index contributed by atoms with van der Waals surface area (Å²) in [6, 6.07) is 13.4. The predicted octanol–water partition coefficient (Wildman–Crippen LogP) is 5.06. The lowest BCUT2D eigenvalue weighted by molar-refractivity contribution is 0.659. The number of halogens is 1. The van der Waals surface area contributed by atoms with Crippen molar-refractivity contribution < 1.29 is 0 Å². The molecule has 0 N–H and O–H groups in total. The molecule has 0 atom stereocenters. The quantitative estimate of drug-likeness (QED) is 0.635. The van der Waals surface area contributed by atoms with E-state index in [0.717, 1.165) is 4.47 Å². The van der Waals surface area contributed by atoms with E-state index in [4.69, 9.17) is 0 Å². The largest absolute Gasteiger partial charge is 0.0587 e. The Morgan fingerprint density at radius 2 is 1.47 bits per heavy atom. The molecule has 0 fully saturated rings. The molecule has 0 radical (unpaired) electrons. The molecule has 1 aliphatic carbocycles.